The maximum atomic E-state index is 13.8. The first-order valence-corrected chi connectivity index (χ1v) is 11.7. The summed E-state index contributed by atoms with van der Waals surface area (Å²) in [5, 5.41) is 2.99. The molecule has 172 valence electrons. The molecule has 0 saturated carbocycles. The van der Waals surface area contributed by atoms with Crippen LogP contribution in [0.1, 0.15) is 49.3 Å². The third kappa shape index (κ3) is 4.07. The van der Waals surface area contributed by atoms with Crippen molar-refractivity contribution in [2.75, 3.05) is 5.32 Å². The second-order valence-corrected chi connectivity index (χ2v) is 8.78. The molecule has 2 heterocycles. The van der Waals surface area contributed by atoms with Crippen LogP contribution in [0.5, 0.6) is 0 Å². The molecule has 0 unspecified atom stereocenters. The molecule has 0 bridgehead atoms. The van der Waals surface area contributed by atoms with Crippen LogP contribution < -0.4 is 5.32 Å². The predicted molar refractivity (Wildman–Crippen MR) is 133 cm³/mol. The van der Waals surface area contributed by atoms with Gasteiger partial charge in [0, 0.05) is 12.2 Å². The molecule has 0 saturated heterocycles. The molecule has 2 atom stereocenters. The maximum Gasteiger partial charge on any atom is 0.247 e. The van der Waals surface area contributed by atoms with Gasteiger partial charge < -0.3 is 14.8 Å². The number of imidazole rings is 1. The molecule has 3 aromatic carbocycles. The van der Waals surface area contributed by atoms with Gasteiger partial charge in [0.1, 0.15) is 11.9 Å². The normalized spacial score (nSPS) is 17.6. The van der Waals surface area contributed by atoms with Crippen LogP contribution >= 0.6 is 0 Å². The molecule has 1 aromatic heterocycles. The van der Waals surface area contributed by atoms with E-state index in [1.165, 1.54) is 0 Å². The van der Waals surface area contributed by atoms with Gasteiger partial charge in [-0.25, -0.2) is 4.98 Å². The molecule has 2 amide bonds. The molecule has 0 spiro atoms. The summed E-state index contributed by atoms with van der Waals surface area (Å²) < 4.78 is 1.96. The van der Waals surface area contributed by atoms with Crippen LogP contribution in [0.3, 0.4) is 0 Å². The van der Waals surface area contributed by atoms with E-state index in [1.807, 2.05) is 95.3 Å². The van der Waals surface area contributed by atoms with Crippen LogP contribution in [0, 0.1) is 0 Å². The van der Waals surface area contributed by atoms with Crippen molar-refractivity contribution in [2.45, 2.75) is 45.3 Å². The summed E-state index contributed by atoms with van der Waals surface area (Å²) in [6.07, 6.45) is 0.933. The van der Waals surface area contributed by atoms with Crippen molar-refractivity contribution in [3.63, 3.8) is 0 Å². The third-order valence-electron chi connectivity index (χ3n) is 6.54. The molecule has 1 aliphatic heterocycles. The fourth-order valence-electron chi connectivity index (χ4n) is 4.75. The molecule has 5 rings (SSSR count). The Balaban J connectivity index is 1.49. The maximum absolute atomic E-state index is 13.8. The number of rotatable bonds is 6. The molecule has 0 radical (unpaired) electrons. The van der Waals surface area contributed by atoms with Crippen molar-refractivity contribution in [2.24, 2.45) is 0 Å². The predicted octanol–water partition coefficient (Wildman–Crippen LogP) is 5.27. The van der Waals surface area contributed by atoms with E-state index in [2.05, 4.69) is 12.2 Å². The van der Waals surface area contributed by atoms with E-state index in [4.69, 9.17) is 4.98 Å². The van der Waals surface area contributed by atoms with Crippen LogP contribution in [-0.2, 0) is 22.6 Å². The minimum Gasteiger partial charge on any atom is -0.327 e. The number of carbonyl (C=O) groups excluding carboxylic acids is 2. The highest BCUT2D eigenvalue weighted by molar-refractivity contribution is 5.96. The first-order chi connectivity index (χ1) is 16.5. The van der Waals surface area contributed by atoms with Crippen molar-refractivity contribution >= 4 is 28.5 Å². The minimum absolute atomic E-state index is 0.0422. The monoisotopic (exact) mass is 452 g/mol. The molecule has 4 aromatic rings. The Morgan fingerprint density at radius 3 is 2.50 bits per heavy atom. The van der Waals surface area contributed by atoms with Gasteiger partial charge in [-0.15, -0.1) is 0 Å². The number of hydrogen-bond acceptors (Lipinski definition) is 3. The number of fused-ring (bicyclic) bond motifs is 3. The first kappa shape index (κ1) is 21.9. The van der Waals surface area contributed by atoms with E-state index in [1.54, 1.807) is 0 Å². The fraction of sp³-hybridized carbons (Fsp3) is 0.250. The van der Waals surface area contributed by atoms with Gasteiger partial charge in [0.05, 0.1) is 23.5 Å². The van der Waals surface area contributed by atoms with Gasteiger partial charge in [-0.05, 0) is 48.7 Å². The summed E-state index contributed by atoms with van der Waals surface area (Å²) in [5.41, 5.74) is 4.66. The summed E-state index contributed by atoms with van der Waals surface area (Å²) in [6, 6.07) is 24.7. The number of para-hydroxylation sites is 2. The topological polar surface area (TPSA) is 67.2 Å². The van der Waals surface area contributed by atoms with Crippen LogP contribution in [-0.4, -0.2) is 26.3 Å². The lowest BCUT2D eigenvalue weighted by Crippen LogP contribution is -2.45. The Labute approximate surface area is 199 Å². The highest BCUT2D eigenvalue weighted by Gasteiger charge is 2.40. The molecule has 0 fully saturated rings. The molecular weight excluding hydrogens is 424 g/mol. The van der Waals surface area contributed by atoms with E-state index in [9.17, 15) is 9.59 Å². The molecule has 1 N–H and O–H groups in total. The third-order valence-corrected chi connectivity index (χ3v) is 6.54. The van der Waals surface area contributed by atoms with Gasteiger partial charge in [0.2, 0.25) is 11.8 Å². The number of aryl methyl sites for hydroxylation is 1. The summed E-state index contributed by atoms with van der Waals surface area (Å²) in [4.78, 5) is 33.7. The van der Waals surface area contributed by atoms with E-state index < -0.39 is 6.04 Å². The van der Waals surface area contributed by atoms with Crippen LogP contribution in [0.25, 0.3) is 11.0 Å². The van der Waals surface area contributed by atoms with Gasteiger partial charge in [-0.2, -0.15) is 0 Å². The zero-order valence-corrected chi connectivity index (χ0v) is 19.4. The smallest absolute Gasteiger partial charge is 0.247 e. The van der Waals surface area contributed by atoms with Gasteiger partial charge in [-0.1, -0.05) is 61.5 Å². The Morgan fingerprint density at radius 1 is 0.971 bits per heavy atom. The highest BCUT2D eigenvalue weighted by Crippen LogP contribution is 2.37. The number of amides is 2. The number of benzene rings is 3. The molecule has 0 aliphatic carbocycles. The molecule has 1 aliphatic rings. The highest BCUT2D eigenvalue weighted by atomic mass is 16.2. The summed E-state index contributed by atoms with van der Waals surface area (Å²) >= 11 is 0. The van der Waals surface area contributed by atoms with Gasteiger partial charge in [0.25, 0.3) is 0 Å². The largest absolute Gasteiger partial charge is 0.327 e. The lowest BCUT2D eigenvalue weighted by Gasteiger charge is -2.38. The van der Waals surface area contributed by atoms with E-state index in [-0.39, 0.29) is 24.3 Å². The van der Waals surface area contributed by atoms with Crippen LogP contribution in [0.2, 0.25) is 0 Å². The van der Waals surface area contributed by atoms with Crippen molar-refractivity contribution < 1.29 is 9.59 Å². The van der Waals surface area contributed by atoms with E-state index in [0.29, 0.717) is 6.54 Å². The lowest BCUT2D eigenvalue weighted by atomic mass is 10.0. The SMILES string of the molecule is CCc1cccc(NC(=O)C[C@@H]2C(=O)N(Cc3ccccc3)[C@H](C)c3nc4ccccc4n32)c1. The average molecular weight is 453 g/mol. The first-order valence-electron chi connectivity index (χ1n) is 11.7. The van der Waals surface area contributed by atoms with Gasteiger partial charge in [-0.3, -0.25) is 9.59 Å². The Morgan fingerprint density at radius 2 is 1.71 bits per heavy atom. The summed E-state index contributed by atoms with van der Waals surface area (Å²) in [5.74, 6) is 0.552. The van der Waals surface area contributed by atoms with Gasteiger partial charge in [0.15, 0.2) is 0 Å². The summed E-state index contributed by atoms with van der Waals surface area (Å²) in [6.45, 7) is 4.56. The van der Waals surface area contributed by atoms with E-state index in [0.717, 1.165) is 40.1 Å². The van der Waals surface area contributed by atoms with Crippen LogP contribution in [0.15, 0.2) is 78.9 Å². The molecular formula is C28H28N4O2. The zero-order valence-electron chi connectivity index (χ0n) is 19.4. The molecule has 6 nitrogen and oxygen atoms in total. The number of aromatic nitrogens is 2. The Kier molecular flexibility index (Phi) is 5.88. The fourth-order valence-corrected chi connectivity index (χ4v) is 4.75. The Hall–Kier alpha value is -3.93. The number of carbonyl (C=O) groups is 2. The van der Waals surface area contributed by atoms with Gasteiger partial charge >= 0.3 is 0 Å². The zero-order chi connectivity index (χ0) is 23.7. The molecule has 34 heavy (non-hydrogen) atoms. The quantitative estimate of drug-likeness (QED) is 0.433. The minimum atomic E-state index is -0.656. The number of nitrogens with zero attached hydrogens (tertiary/aromatic N) is 3. The number of anilines is 1. The summed E-state index contributed by atoms with van der Waals surface area (Å²) in [7, 11) is 0. The van der Waals surface area contributed by atoms with E-state index >= 15 is 0 Å². The van der Waals surface area contributed by atoms with Crippen molar-refractivity contribution in [3.8, 4) is 0 Å². The lowest BCUT2D eigenvalue weighted by molar-refractivity contribution is -0.142. The average Bonchev–Trinajstić information content (AvgIpc) is 3.25. The number of hydrogen-bond donors (Lipinski definition) is 1. The van der Waals surface area contributed by atoms with Crippen molar-refractivity contribution in [1.82, 2.24) is 14.5 Å². The number of nitrogens with one attached hydrogen (secondary N) is 1. The van der Waals surface area contributed by atoms with Crippen LogP contribution in [0.4, 0.5) is 5.69 Å². The van der Waals surface area contributed by atoms with Crippen molar-refractivity contribution in [3.05, 3.63) is 95.8 Å². The van der Waals surface area contributed by atoms with Crippen molar-refractivity contribution in [1.29, 1.82) is 0 Å². The second kappa shape index (κ2) is 9.14. The second-order valence-electron chi connectivity index (χ2n) is 8.78. The molecule has 6 heteroatoms. The Bertz CT molecular complexity index is 1350. The standard InChI is InChI=1S/C28H28N4O2/c1-3-20-12-9-13-22(16-20)29-26(33)17-25-28(34)31(18-21-10-5-4-6-11-21)19(2)27-30-23-14-7-8-15-24(23)32(25)27/h4-16,19,25H,3,17-18H2,1-2H3,(H,29,33)/t19-,25-/m1/s1.